The molecule has 2 heterocycles. The zero-order chi connectivity index (χ0) is 20.3. The number of carbonyl (C=O) groups is 1. The molecule has 1 aromatic carbocycles. The number of nitrogens with one attached hydrogen (secondary N) is 4. The molecule has 0 spiro atoms. The van der Waals surface area contributed by atoms with Gasteiger partial charge < -0.3 is 25.8 Å². The van der Waals surface area contributed by atoms with Crippen LogP contribution in [0, 0.1) is 5.41 Å². The number of anilines is 1. The number of aromatic nitrogens is 3. The Balaban J connectivity index is 1.98. The number of nitrogens with zero attached hydrogens (tertiary/aromatic N) is 2. The number of hydrogen-bond acceptors (Lipinski definition) is 7. The number of benzene rings is 1. The van der Waals surface area contributed by atoms with Crippen LogP contribution < -0.4 is 10.6 Å². The maximum Gasteiger partial charge on any atom is 0.255 e. The maximum atomic E-state index is 12.4. The average molecular weight is 403 g/mol. The minimum Gasteiger partial charge on any atom is -0.394 e. The number of aliphatic hydroxyl groups excluding tert-OH is 2. The van der Waals surface area contributed by atoms with Gasteiger partial charge >= 0.3 is 0 Å². The minimum atomic E-state index is -0.779. The summed E-state index contributed by atoms with van der Waals surface area (Å²) >= 11 is 6.01. The van der Waals surface area contributed by atoms with Crippen molar-refractivity contribution in [1.29, 1.82) is 5.41 Å². The predicted molar refractivity (Wildman–Crippen MR) is 106 cm³/mol. The van der Waals surface area contributed by atoms with E-state index < -0.39 is 25.2 Å². The number of H-pyrrole nitrogens is 1. The van der Waals surface area contributed by atoms with Gasteiger partial charge in [-0.3, -0.25) is 10.2 Å². The lowest BCUT2D eigenvalue weighted by molar-refractivity contribution is 0.0881. The molecular formula is C18H19ClN6O3. The summed E-state index contributed by atoms with van der Waals surface area (Å²) in [7, 11) is 1.73. The summed E-state index contributed by atoms with van der Waals surface area (Å²) in [6.45, 7) is -0.787. The number of rotatable bonds is 7. The molecule has 0 bridgehead atoms. The van der Waals surface area contributed by atoms with Crippen molar-refractivity contribution in [1.82, 2.24) is 20.3 Å². The van der Waals surface area contributed by atoms with E-state index in [0.29, 0.717) is 21.9 Å². The first kappa shape index (κ1) is 19.7. The first-order valence-electron chi connectivity index (χ1n) is 8.41. The van der Waals surface area contributed by atoms with Gasteiger partial charge in [0.1, 0.15) is 11.2 Å². The number of aliphatic hydroxyl groups is 2. The van der Waals surface area contributed by atoms with E-state index in [1.165, 1.54) is 12.4 Å². The topological polar surface area (TPSA) is 147 Å². The summed E-state index contributed by atoms with van der Waals surface area (Å²) < 4.78 is 0. The second-order valence-electron chi connectivity index (χ2n) is 6.01. The molecule has 2 aromatic heterocycles. The molecule has 9 nitrogen and oxygen atoms in total. The van der Waals surface area contributed by atoms with E-state index in [-0.39, 0.29) is 22.5 Å². The van der Waals surface area contributed by atoms with Crippen molar-refractivity contribution in [3.63, 3.8) is 0 Å². The summed E-state index contributed by atoms with van der Waals surface area (Å²) in [5.74, 6) is -0.514. The standard InChI is InChI=1S/C18H19ClN6O3/c1-21-13-4-9(19)2-3-11(13)15(20)14-6-23-17-16(25-14)12(5-22-17)18(28)24-10(7-26)8-27/h2-6,10,20-21,26-27H,7-8H2,1H3,(H,22,23)(H,24,28). The van der Waals surface area contributed by atoms with Crippen LogP contribution in [0.3, 0.4) is 0 Å². The zero-order valence-electron chi connectivity index (χ0n) is 15.0. The van der Waals surface area contributed by atoms with Crippen molar-refractivity contribution < 1.29 is 15.0 Å². The molecule has 0 fully saturated rings. The molecule has 0 aliphatic rings. The lowest BCUT2D eigenvalue weighted by Crippen LogP contribution is -2.40. The van der Waals surface area contributed by atoms with E-state index >= 15 is 0 Å². The fraction of sp³-hybridized carbons (Fsp3) is 0.222. The number of fused-ring (bicyclic) bond motifs is 1. The van der Waals surface area contributed by atoms with Crippen molar-refractivity contribution in [3.8, 4) is 0 Å². The highest BCUT2D eigenvalue weighted by Gasteiger charge is 2.19. The molecule has 0 aliphatic heterocycles. The zero-order valence-corrected chi connectivity index (χ0v) is 15.7. The van der Waals surface area contributed by atoms with E-state index in [0.717, 1.165) is 0 Å². The van der Waals surface area contributed by atoms with Crippen LogP contribution in [0.1, 0.15) is 21.6 Å². The summed E-state index contributed by atoms with van der Waals surface area (Å²) in [5, 5.41) is 32.8. The van der Waals surface area contributed by atoms with E-state index in [4.69, 9.17) is 27.2 Å². The molecular weight excluding hydrogens is 384 g/mol. The highest BCUT2D eigenvalue weighted by molar-refractivity contribution is 6.31. The second-order valence-corrected chi connectivity index (χ2v) is 6.44. The van der Waals surface area contributed by atoms with Gasteiger partial charge in [-0.2, -0.15) is 0 Å². The Morgan fingerprint density at radius 1 is 1.32 bits per heavy atom. The van der Waals surface area contributed by atoms with E-state index in [9.17, 15) is 4.79 Å². The Kier molecular flexibility index (Phi) is 5.88. The van der Waals surface area contributed by atoms with Gasteiger partial charge in [0.15, 0.2) is 5.65 Å². The summed E-state index contributed by atoms with van der Waals surface area (Å²) in [6, 6.07) is 4.31. The van der Waals surface area contributed by atoms with Crippen LogP contribution in [-0.2, 0) is 0 Å². The smallest absolute Gasteiger partial charge is 0.255 e. The van der Waals surface area contributed by atoms with Gasteiger partial charge in [-0.15, -0.1) is 0 Å². The summed E-state index contributed by atoms with van der Waals surface area (Å²) in [6.07, 6.45) is 2.89. The Hall–Kier alpha value is -3.01. The van der Waals surface area contributed by atoms with Crippen LogP contribution >= 0.6 is 11.6 Å². The number of carbonyl (C=O) groups excluding carboxylic acids is 1. The van der Waals surface area contributed by atoms with Crippen LogP contribution in [-0.4, -0.2) is 63.1 Å². The van der Waals surface area contributed by atoms with Gasteiger partial charge in [0.25, 0.3) is 5.91 Å². The van der Waals surface area contributed by atoms with Crippen molar-refractivity contribution in [2.24, 2.45) is 0 Å². The van der Waals surface area contributed by atoms with E-state index in [1.807, 2.05) is 0 Å². The quantitative estimate of drug-likeness (QED) is 0.327. The lowest BCUT2D eigenvalue weighted by Gasteiger charge is -2.13. The molecule has 10 heteroatoms. The molecule has 6 N–H and O–H groups in total. The fourth-order valence-corrected chi connectivity index (χ4v) is 2.85. The summed E-state index contributed by atoms with van der Waals surface area (Å²) in [4.78, 5) is 24.0. The van der Waals surface area contributed by atoms with Crippen molar-refractivity contribution in [3.05, 3.63) is 52.4 Å². The second kappa shape index (κ2) is 8.34. The van der Waals surface area contributed by atoms with Gasteiger partial charge in [-0.1, -0.05) is 11.6 Å². The van der Waals surface area contributed by atoms with Gasteiger partial charge in [-0.25, -0.2) is 9.97 Å². The molecule has 0 radical (unpaired) electrons. The first-order valence-corrected chi connectivity index (χ1v) is 8.79. The third-order valence-electron chi connectivity index (χ3n) is 4.18. The molecule has 3 aromatic rings. The molecule has 0 aliphatic carbocycles. The van der Waals surface area contributed by atoms with E-state index in [1.54, 1.807) is 25.2 Å². The minimum absolute atomic E-state index is 0.117. The Labute approximate surface area is 165 Å². The summed E-state index contributed by atoms with van der Waals surface area (Å²) in [5.41, 5.74) is 2.52. The molecule has 0 saturated carbocycles. The molecule has 3 rings (SSSR count). The molecule has 1 amide bonds. The van der Waals surface area contributed by atoms with E-state index in [2.05, 4.69) is 25.6 Å². The molecule has 28 heavy (non-hydrogen) atoms. The third-order valence-corrected chi connectivity index (χ3v) is 4.41. The Bertz CT molecular complexity index is 1030. The highest BCUT2D eigenvalue weighted by Crippen LogP contribution is 2.23. The lowest BCUT2D eigenvalue weighted by atomic mass is 10.1. The number of hydrogen-bond donors (Lipinski definition) is 6. The largest absolute Gasteiger partial charge is 0.394 e. The number of halogens is 1. The number of amides is 1. The van der Waals surface area contributed by atoms with Crippen LogP contribution in [0.15, 0.2) is 30.6 Å². The van der Waals surface area contributed by atoms with Gasteiger partial charge in [-0.05, 0) is 18.2 Å². The normalized spacial score (nSPS) is 11.0. The predicted octanol–water partition coefficient (Wildman–Crippen LogP) is 1.15. The SMILES string of the molecule is CNc1cc(Cl)ccc1C(=N)c1cnc2[nH]cc(C(=O)NC(CO)CO)c2n1. The van der Waals surface area contributed by atoms with Crippen molar-refractivity contribution >= 4 is 40.1 Å². The number of aromatic amines is 1. The molecule has 0 saturated heterocycles. The van der Waals surface area contributed by atoms with Gasteiger partial charge in [0, 0.05) is 29.5 Å². The molecule has 0 atom stereocenters. The average Bonchev–Trinajstić information content (AvgIpc) is 3.14. The van der Waals surface area contributed by atoms with Crippen molar-refractivity contribution in [2.45, 2.75) is 6.04 Å². The molecule has 146 valence electrons. The van der Waals surface area contributed by atoms with Crippen LogP contribution in [0.2, 0.25) is 5.02 Å². The van der Waals surface area contributed by atoms with Gasteiger partial charge in [0.2, 0.25) is 0 Å². The van der Waals surface area contributed by atoms with Crippen LogP contribution in [0.5, 0.6) is 0 Å². The molecule has 0 unspecified atom stereocenters. The Morgan fingerprint density at radius 3 is 2.75 bits per heavy atom. The van der Waals surface area contributed by atoms with Crippen LogP contribution in [0.25, 0.3) is 11.2 Å². The monoisotopic (exact) mass is 402 g/mol. The maximum absolute atomic E-state index is 12.4. The Morgan fingerprint density at radius 2 is 2.07 bits per heavy atom. The third kappa shape index (κ3) is 3.81. The van der Waals surface area contributed by atoms with Gasteiger partial charge in [0.05, 0.1) is 36.7 Å². The van der Waals surface area contributed by atoms with Crippen LogP contribution in [0.4, 0.5) is 5.69 Å². The fourth-order valence-electron chi connectivity index (χ4n) is 2.68. The first-order chi connectivity index (χ1) is 13.5. The van der Waals surface area contributed by atoms with Crippen molar-refractivity contribution in [2.75, 3.05) is 25.6 Å². The highest BCUT2D eigenvalue weighted by atomic mass is 35.5.